The van der Waals surface area contributed by atoms with Crippen LogP contribution < -0.4 is 10.4 Å². The molecule has 2 aromatic carbocycles. The Hall–Kier alpha value is -1.72. The van der Waals surface area contributed by atoms with Crippen LogP contribution in [0.2, 0.25) is 5.04 Å². The molecule has 1 saturated heterocycles. The maximum Gasteiger partial charge on any atom is 0.261 e. The van der Waals surface area contributed by atoms with Gasteiger partial charge >= 0.3 is 0 Å². The molecule has 4 aliphatic carbocycles. The molecule has 1 aliphatic heterocycles. The van der Waals surface area contributed by atoms with Gasteiger partial charge in [0.05, 0.1) is 6.61 Å². The van der Waals surface area contributed by atoms with Crippen molar-refractivity contribution >= 4 is 18.7 Å². The lowest BCUT2D eigenvalue weighted by atomic mass is 9.47. The standard InChI is InChI=1S/C37H50O3Si/c1-34(2,3)41(28-12-8-6-9-13-28,29-14-10-7-11-15-29)40-27-18-21-35(4)26(24-27)16-17-30-31(35)19-22-36(5)32(30)20-23-37(36)33(25-38)39-37/h6-16,27,30-33,38H,17-25H2,1-5H3/t27?,30-,31+,32+,33?,35+,36+,37+/m1/s1. The summed E-state index contributed by atoms with van der Waals surface area (Å²) in [5.74, 6) is 2.23. The molecule has 41 heavy (non-hydrogen) atoms. The molecule has 220 valence electrons. The minimum absolute atomic E-state index is 0.00602. The van der Waals surface area contributed by atoms with Gasteiger partial charge in [-0.3, -0.25) is 0 Å². The molecule has 5 aliphatic rings. The zero-order valence-corrected chi connectivity index (χ0v) is 26.9. The lowest BCUT2D eigenvalue weighted by Gasteiger charge is -2.58. The molecule has 2 unspecified atom stereocenters. The van der Waals surface area contributed by atoms with Crippen LogP contribution in [0.3, 0.4) is 0 Å². The molecule has 8 atom stereocenters. The molecular weight excluding hydrogens is 520 g/mol. The Balaban J connectivity index is 1.18. The Morgan fingerprint density at radius 2 is 1.51 bits per heavy atom. The zero-order chi connectivity index (χ0) is 28.7. The average Bonchev–Trinajstić information content (AvgIpc) is 3.62. The summed E-state index contributed by atoms with van der Waals surface area (Å²) >= 11 is 0. The highest BCUT2D eigenvalue weighted by molar-refractivity contribution is 6.99. The van der Waals surface area contributed by atoms with Gasteiger partial charge in [0, 0.05) is 11.5 Å². The molecule has 1 spiro atoms. The molecule has 3 saturated carbocycles. The highest BCUT2D eigenvalue weighted by atomic mass is 28.4. The van der Waals surface area contributed by atoms with Crippen LogP contribution in [0.4, 0.5) is 0 Å². The second-order valence-electron chi connectivity index (χ2n) is 15.6. The van der Waals surface area contributed by atoms with E-state index in [1.165, 1.54) is 42.5 Å². The van der Waals surface area contributed by atoms with Gasteiger partial charge in [-0.15, -0.1) is 0 Å². The van der Waals surface area contributed by atoms with E-state index in [1.54, 1.807) is 5.57 Å². The van der Waals surface area contributed by atoms with Crippen molar-refractivity contribution in [1.29, 1.82) is 0 Å². The van der Waals surface area contributed by atoms with E-state index < -0.39 is 8.32 Å². The van der Waals surface area contributed by atoms with Crippen LogP contribution in [0.1, 0.15) is 86.0 Å². The molecular formula is C37H50O3Si. The van der Waals surface area contributed by atoms with Crippen molar-refractivity contribution in [2.75, 3.05) is 6.61 Å². The van der Waals surface area contributed by atoms with Crippen LogP contribution in [0.5, 0.6) is 0 Å². The van der Waals surface area contributed by atoms with Crippen molar-refractivity contribution in [2.45, 2.75) is 109 Å². The van der Waals surface area contributed by atoms with Crippen molar-refractivity contribution in [3.8, 4) is 0 Å². The summed E-state index contributed by atoms with van der Waals surface area (Å²) in [5, 5.41) is 12.7. The van der Waals surface area contributed by atoms with E-state index in [0.717, 1.165) is 37.0 Å². The van der Waals surface area contributed by atoms with Crippen LogP contribution in [0.15, 0.2) is 72.3 Å². The number of hydrogen-bond donors (Lipinski definition) is 1. The Morgan fingerprint density at radius 1 is 0.878 bits per heavy atom. The maximum absolute atomic E-state index is 9.92. The minimum atomic E-state index is -2.56. The second-order valence-corrected chi connectivity index (χ2v) is 19.8. The van der Waals surface area contributed by atoms with E-state index in [9.17, 15) is 5.11 Å². The fourth-order valence-electron chi connectivity index (χ4n) is 10.8. The lowest BCUT2D eigenvalue weighted by molar-refractivity contribution is -0.0549. The fourth-order valence-corrected chi connectivity index (χ4v) is 15.5. The van der Waals surface area contributed by atoms with Crippen molar-refractivity contribution in [2.24, 2.45) is 28.6 Å². The van der Waals surface area contributed by atoms with Crippen LogP contribution in [-0.2, 0) is 9.16 Å². The highest BCUT2D eigenvalue weighted by Gasteiger charge is 2.74. The van der Waals surface area contributed by atoms with Gasteiger partial charge in [0.15, 0.2) is 0 Å². The summed E-state index contributed by atoms with van der Waals surface area (Å²) in [6, 6.07) is 22.3. The normalized spacial score (nSPS) is 40.0. The Morgan fingerprint density at radius 3 is 2.10 bits per heavy atom. The number of ether oxygens (including phenoxy) is 1. The van der Waals surface area contributed by atoms with Crippen LogP contribution in [0.25, 0.3) is 0 Å². The van der Waals surface area contributed by atoms with Gasteiger partial charge in [-0.25, -0.2) is 0 Å². The Labute approximate surface area is 248 Å². The van der Waals surface area contributed by atoms with Gasteiger partial charge in [-0.05, 0) is 89.9 Å². The predicted molar refractivity (Wildman–Crippen MR) is 169 cm³/mol. The number of epoxide rings is 1. The largest absolute Gasteiger partial charge is 0.404 e. The fraction of sp³-hybridized carbons (Fsp3) is 0.622. The molecule has 0 bridgehead atoms. The monoisotopic (exact) mass is 570 g/mol. The molecule has 0 amide bonds. The van der Waals surface area contributed by atoms with E-state index in [1.807, 2.05) is 0 Å². The summed E-state index contributed by atoms with van der Waals surface area (Å²) in [5.41, 5.74) is 2.16. The van der Waals surface area contributed by atoms with Crippen molar-refractivity contribution in [3.63, 3.8) is 0 Å². The van der Waals surface area contributed by atoms with Crippen LogP contribution >= 0.6 is 0 Å². The number of aliphatic hydroxyl groups excluding tert-OH is 1. The number of benzene rings is 2. The SMILES string of the molecule is CC(C)(C)[Si](OC1CC[C@@]2(C)C(=CC[C@@H]3[C@@H]2CC[C@@]2(C)[C@H]3CC[C@@]23OC3CO)C1)(c1ccccc1)c1ccccc1. The first-order valence-electron chi connectivity index (χ1n) is 16.4. The number of aliphatic hydroxyl groups is 1. The molecule has 1 heterocycles. The molecule has 4 fully saturated rings. The first kappa shape index (κ1) is 28.1. The molecule has 3 nitrogen and oxygen atoms in total. The number of fused-ring (bicyclic) bond motifs is 6. The first-order valence-corrected chi connectivity index (χ1v) is 18.3. The topological polar surface area (TPSA) is 42.0 Å². The third kappa shape index (κ3) is 3.93. The minimum Gasteiger partial charge on any atom is -0.404 e. The highest BCUT2D eigenvalue weighted by Crippen LogP contribution is 2.72. The first-order chi connectivity index (χ1) is 19.6. The average molecular weight is 571 g/mol. The smallest absolute Gasteiger partial charge is 0.261 e. The molecule has 2 aromatic rings. The van der Waals surface area contributed by atoms with Crippen molar-refractivity contribution in [1.82, 2.24) is 0 Å². The zero-order valence-electron chi connectivity index (χ0n) is 25.9. The van der Waals surface area contributed by atoms with Crippen LogP contribution in [-0.4, -0.2) is 37.8 Å². The number of hydrogen-bond acceptors (Lipinski definition) is 3. The quantitative estimate of drug-likeness (QED) is 0.239. The van der Waals surface area contributed by atoms with Gasteiger partial charge in [0.1, 0.15) is 11.7 Å². The van der Waals surface area contributed by atoms with E-state index >= 15 is 0 Å². The lowest BCUT2D eigenvalue weighted by Crippen LogP contribution is -2.68. The van der Waals surface area contributed by atoms with Gasteiger partial charge < -0.3 is 14.3 Å². The summed E-state index contributed by atoms with van der Waals surface area (Å²) in [4.78, 5) is 0. The summed E-state index contributed by atoms with van der Waals surface area (Å²) in [7, 11) is -2.56. The number of allylic oxidation sites excluding steroid dienone is 1. The van der Waals surface area contributed by atoms with E-state index in [-0.39, 0.29) is 40.3 Å². The van der Waals surface area contributed by atoms with Gasteiger partial charge in [0.25, 0.3) is 8.32 Å². The Bertz CT molecular complexity index is 1260. The van der Waals surface area contributed by atoms with Gasteiger partial charge in [-0.2, -0.15) is 0 Å². The molecule has 1 N–H and O–H groups in total. The Kier molecular flexibility index (Phi) is 6.60. The van der Waals surface area contributed by atoms with E-state index in [2.05, 4.69) is 101 Å². The van der Waals surface area contributed by atoms with Gasteiger partial charge in [-0.1, -0.05) is 107 Å². The van der Waals surface area contributed by atoms with Gasteiger partial charge in [0.2, 0.25) is 0 Å². The molecule has 4 heteroatoms. The number of rotatable bonds is 5. The molecule has 0 aromatic heterocycles. The predicted octanol–water partition coefficient (Wildman–Crippen LogP) is 7.02. The molecule has 0 radical (unpaired) electrons. The van der Waals surface area contributed by atoms with Crippen molar-refractivity contribution in [3.05, 3.63) is 72.3 Å². The third-order valence-electron chi connectivity index (χ3n) is 13.0. The summed E-state index contributed by atoms with van der Waals surface area (Å²) in [6.45, 7) is 12.5. The van der Waals surface area contributed by atoms with Crippen molar-refractivity contribution < 1.29 is 14.3 Å². The summed E-state index contributed by atoms with van der Waals surface area (Å²) < 4.78 is 13.9. The summed E-state index contributed by atoms with van der Waals surface area (Å²) in [6.07, 6.45) is 12.6. The van der Waals surface area contributed by atoms with E-state index in [0.29, 0.717) is 0 Å². The van der Waals surface area contributed by atoms with E-state index in [4.69, 9.17) is 9.16 Å². The second kappa shape index (κ2) is 9.64. The van der Waals surface area contributed by atoms with Crippen LogP contribution in [0, 0.1) is 28.6 Å². The molecule has 7 rings (SSSR count). The third-order valence-corrected chi connectivity index (χ3v) is 18.1. The maximum atomic E-state index is 9.92.